The minimum atomic E-state index is -0.390. The van der Waals surface area contributed by atoms with Crippen molar-refractivity contribution in [2.45, 2.75) is 25.2 Å². The summed E-state index contributed by atoms with van der Waals surface area (Å²) in [5.41, 5.74) is 4.04. The molecule has 176 valence electrons. The maximum Gasteiger partial charge on any atom is 0.410 e. The van der Waals surface area contributed by atoms with Crippen LogP contribution in [0.4, 0.5) is 4.79 Å². The van der Waals surface area contributed by atoms with E-state index in [0.717, 1.165) is 27.7 Å². The van der Waals surface area contributed by atoms with Crippen molar-refractivity contribution < 1.29 is 23.7 Å². The Balaban J connectivity index is 1.45. The Labute approximate surface area is 202 Å². The summed E-state index contributed by atoms with van der Waals surface area (Å²) in [5, 5.41) is 1.75. The second kappa shape index (κ2) is 9.98. The molecular formula is C26H25ClN2O5. The van der Waals surface area contributed by atoms with Gasteiger partial charge < -0.3 is 23.9 Å². The molecule has 2 aromatic carbocycles. The fourth-order valence-corrected chi connectivity index (χ4v) is 4.67. The zero-order valence-corrected chi connectivity index (χ0v) is 19.3. The Morgan fingerprint density at radius 3 is 2.76 bits per heavy atom. The number of terminal acetylenes is 1. The molecule has 1 amide bonds. The summed E-state index contributed by atoms with van der Waals surface area (Å²) >= 11 is 6.27. The largest absolute Gasteiger partial charge is 0.488 e. The standard InChI is InChI=1S/C26H25ClN2O5/c1-2-3-12-33-26(30)29-11-10-20-21-15-18(27)6-9-22(21)28-24(20)25(29)17-4-7-19(8-5-17)34-16-23-31-13-14-32-23/h1,4-9,15,23,25,28H,3,10-14,16H2. The predicted octanol–water partition coefficient (Wildman–Crippen LogP) is 4.68. The number of amides is 1. The molecule has 1 fully saturated rings. The molecule has 1 atom stereocenters. The van der Waals surface area contributed by atoms with E-state index in [9.17, 15) is 4.79 Å². The number of H-pyrrole nitrogens is 1. The first-order valence-electron chi connectivity index (χ1n) is 11.3. The molecule has 3 aromatic rings. The normalized spacial score (nSPS) is 18.0. The Bertz CT molecular complexity index is 1210. The van der Waals surface area contributed by atoms with E-state index in [-0.39, 0.29) is 18.9 Å². The third-order valence-electron chi connectivity index (χ3n) is 6.07. The smallest absolute Gasteiger partial charge is 0.410 e. The van der Waals surface area contributed by atoms with E-state index in [1.807, 2.05) is 42.5 Å². The van der Waals surface area contributed by atoms with Crippen molar-refractivity contribution in [1.82, 2.24) is 9.88 Å². The number of fused-ring (bicyclic) bond motifs is 3. The minimum absolute atomic E-state index is 0.186. The molecule has 1 aromatic heterocycles. The van der Waals surface area contributed by atoms with Crippen LogP contribution >= 0.6 is 11.6 Å². The molecule has 0 saturated carbocycles. The van der Waals surface area contributed by atoms with Gasteiger partial charge in [0.15, 0.2) is 6.29 Å². The number of nitrogens with one attached hydrogen (secondary N) is 1. The number of hydrogen-bond donors (Lipinski definition) is 1. The Morgan fingerprint density at radius 2 is 2.00 bits per heavy atom. The van der Waals surface area contributed by atoms with Crippen LogP contribution < -0.4 is 4.74 Å². The van der Waals surface area contributed by atoms with Crippen LogP contribution in [0.15, 0.2) is 42.5 Å². The first-order valence-corrected chi connectivity index (χ1v) is 11.6. The highest BCUT2D eigenvalue weighted by Crippen LogP contribution is 2.39. The first kappa shape index (κ1) is 22.6. The summed E-state index contributed by atoms with van der Waals surface area (Å²) in [6, 6.07) is 13.2. The summed E-state index contributed by atoms with van der Waals surface area (Å²) in [4.78, 5) is 18.3. The number of aromatic amines is 1. The van der Waals surface area contributed by atoms with Crippen molar-refractivity contribution in [1.29, 1.82) is 0 Å². The van der Waals surface area contributed by atoms with E-state index in [2.05, 4.69) is 10.9 Å². The van der Waals surface area contributed by atoms with Gasteiger partial charge >= 0.3 is 6.09 Å². The lowest BCUT2D eigenvalue weighted by Gasteiger charge is -2.35. The van der Waals surface area contributed by atoms with Crippen molar-refractivity contribution in [3.63, 3.8) is 0 Å². The summed E-state index contributed by atoms with van der Waals surface area (Å²) in [6.45, 7) is 2.19. The Hall–Kier alpha value is -3.18. The predicted molar refractivity (Wildman–Crippen MR) is 128 cm³/mol. The fraction of sp³-hybridized carbons (Fsp3) is 0.346. The van der Waals surface area contributed by atoms with Gasteiger partial charge in [0.2, 0.25) is 0 Å². The number of hydrogen-bond acceptors (Lipinski definition) is 5. The van der Waals surface area contributed by atoms with Gasteiger partial charge in [0.25, 0.3) is 0 Å². The van der Waals surface area contributed by atoms with Gasteiger partial charge in [0.05, 0.1) is 13.2 Å². The van der Waals surface area contributed by atoms with Crippen LogP contribution in [0.1, 0.15) is 29.3 Å². The summed E-state index contributed by atoms with van der Waals surface area (Å²) < 4.78 is 22.1. The van der Waals surface area contributed by atoms with Crippen LogP contribution in [0.5, 0.6) is 5.75 Å². The fourth-order valence-electron chi connectivity index (χ4n) is 4.50. The van der Waals surface area contributed by atoms with Gasteiger partial charge in [-0.05, 0) is 47.9 Å². The van der Waals surface area contributed by atoms with Crippen LogP contribution in [0.3, 0.4) is 0 Å². The number of nitrogens with zero attached hydrogens (tertiary/aromatic N) is 1. The minimum Gasteiger partial charge on any atom is -0.488 e. The summed E-state index contributed by atoms with van der Waals surface area (Å²) in [6.07, 6.45) is 5.65. The molecule has 0 bridgehead atoms. The molecule has 34 heavy (non-hydrogen) atoms. The number of rotatable bonds is 6. The highest BCUT2D eigenvalue weighted by molar-refractivity contribution is 6.31. The number of benzene rings is 2. The average molecular weight is 481 g/mol. The number of halogens is 1. The maximum atomic E-state index is 13.0. The van der Waals surface area contributed by atoms with Gasteiger partial charge in [-0.3, -0.25) is 4.90 Å². The molecule has 0 aliphatic carbocycles. The van der Waals surface area contributed by atoms with Crippen molar-refractivity contribution >= 4 is 28.6 Å². The van der Waals surface area contributed by atoms with Crippen LogP contribution in [-0.2, 0) is 20.6 Å². The number of ether oxygens (including phenoxy) is 4. The van der Waals surface area contributed by atoms with Crippen LogP contribution in [-0.4, -0.2) is 55.2 Å². The van der Waals surface area contributed by atoms with Crippen molar-refractivity contribution in [3.05, 3.63) is 64.3 Å². The maximum absolute atomic E-state index is 13.0. The van der Waals surface area contributed by atoms with Crippen molar-refractivity contribution in [2.24, 2.45) is 0 Å². The highest BCUT2D eigenvalue weighted by Gasteiger charge is 2.35. The zero-order valence-electron chi connectivity index (χ0n) is 18.6. The Morgan fingerprint density at radius 1 is 1.21 bits per heavy atom. The quantitative estimate of drug-likeness (QED) is 0.409. The van der Waals surface area contributed by atoms with E-state index in [4.69, 9.17) is 37.0 Å². The topological polar surface area (TPSA) is 73.0 Å². The highest BCUT2D eigenvalue weighted by atomic mass is 35.5. The third-order valence-corrected chi connectivity index (χ3v) is 6.30. The molecule has 1 saturated heterocycles. The zero-order chi connectivity index (χ0) is 23.5. The molecule has 0 radical (unpaired) electrons. The van der Waals surface area contributed by atoms with Gasteiger partial charge in [0, 0.05) is 34.6 Å². The van der Waals surface area contributed by atoms with Gasteiger partial charge in [-0.2, -0.15) is 0 Å². The molecule has 7 nitrogen and oxygen atoms in total. The molecule has 1 N–H and O–H groups in total. The van der Waals surface area contributed by atoms with Crippen molar-refractivity contribution in [3.8, 4) is 18.1 Å². The van der Waals surface area contributed by atoms with Crippen LogP contribution in [0.2, 0.25) is 5.02 Å². The Kier molecular flexibility index (Phi) is 6.63. The molecule has 5 rings (SSSR count). The lowest BCUT2D eigenvalue weighted by atomic mass is 9.92. The van der Waals surface area contributed by atoms with E-state index in [0.29, 0.717) is 50.0 Å². The van der Waals surface area contributed by atoms with E-state index in [1.165, 1.54) is 0 Å². The van der Waals surface area contributed by atoms with E-state index in [1.54, 1.807) is 4.90 Å². The van der Waals surface area contributed by atoms with Gasteiger partial charge in [0.1, 0.15) is 25.0 Å². The molecule has 2 aliphatic rings. The molecule has 2 aliphatic heterocycles. The lowest BCUT2D eigenvalue weighted by Crippen LogP contribution is -2.41. The molecule has 0 spiro atoms. The number of aromatic nitrogens is 1. The second-order valence-corrected chi connectivity index (χ2v) is 8.61. The third kappa shape index (κ3) is 4.58. The van der Waals surface area contributed by atoms with Crippen molar-refractivity contribution in [2.75, 3.05) is 33.0 Å². The van der Waals surface area contributed by atoms with Gasteiger partial charge in [-0.1, -0.05) is 23.7 Å². The van der Waals surface area contributed by atoms with E-state index < -0.39 is 6.09 Å². The first-order chi connectivity index (χ1) is 16.6. The van der Waals surface area contributed by atoms with Crippen LogP contribution in [0.25, 0.3) is 10.9 Å². The van der Waals surface area contributed by atoms with Crippen LogP contribution in [0, 0.1) is 12.3 Å². The number of carbonyl (C=O) groups excluding carboxylic acids is 1. The number of carbonyl (C=O) groups is 1. The monoisotopic (exact) mass is 480 g/mol. The molecule has 1 unspecified atom stereocenters. The van der Waals surface area contributed by atoms with Gasteiger partial charge in [-0.25, -0.2) is 4.79 Å². The van der Waals surface area contributed by atoms with Gasteiger partial charge in [-0.15, -0.1) is 12.3 Å². The second-order valence-electron chi connectivity index (χ2n) is 8.17. The molecule has 8 heteroatoms. The summed E-state index contributed by atoms with van der Waals surface area (Å²) in [5.74, 6) is 3.20. The molecular weight excluding hydrogens is 456 g/mol. The average Bonchev–Trinajstić information content (AvgIpc) is 3.50. The lowest BCUT2D eigenvalue weighted by molar-refractivity contribution is -0.0684. The molecule has 3 heterocycles. The SMILES string of the molecule is C#CCCOC(=O)N1CCc2c([nH]c3ccc(Cl)cc23)C1c1ccc(OCC2OCCO2)cc1. The summed E-state index contributed by atoms with van der Waals surface area (Å²) in [7, 11) is 0. The van der Waals surface area contributed by atoms with E-state index >= 15 is 0 Å².